The van der Waals surface area contributed by atoms with Gasteiger partial charge < -0.3 is 19.9 Å². The normalized spacial score (nSPS) is 12.7. The molecule has 4 nitrogen and oxygen atoms in total. The number of aliphatic hydroxyl groups is 1. The molecular weight excluding hydrogens is 182 g/mol. The van der Waals surface area contributed by atoms with E-state index in [9.17, 15) is 5.11 Å². The predicted molar refractivity (Wildman–Crippen MR) is 56.4 cm³/mol. The second-order valence-corrected chi connectivity index (χ2v) is 3.03. The summed E-state index contributed by atoms with van der Waals surface area (Å²) in [6, 6.07) is 0. The minimum absolute atomic E-state index is 0.350. The van der Waals surface area contributed by atoms with E-state index in [0.717, 1.165) is 19.6 Å². The Morgan fingerprint density at radius 2 is 2.36 bits per heavy atom. The van der Waals surface area contributed by atoms with Crippen molar-refractivity contribution in [1.29, 1.82) is 0 Å². The molecule has 0 aromatic rings. The lowest BCUT2D eigenvalue weighted by molar-refractivity contribution is 0.0493. The molecule has 0 saturated carbocycles. The van der Waals surface area contributed by atoms with E-state index in [1.165, 1.54) is 0 Å². The first-order chi connectivity index (χ1) is 6.81. The van der Waals surface area contributed by atoms with Crippen molar-refractivity contribution in [1.82, 2.24) is 5.32 Å². The van der Waals surface area contributed by atoms with Crippen molar-refractivity contribution in [2.75, 3.05) is 40.0 Å². The standard InChI is InChI=1S/C10H21NO3/c1-3-6-14-9-10(12)8-11-5-4-7-13-2/h3,10-12H,1,4-9H2,2H3. The van der Waals surface area contributed by atoms with Crippen LogP contribution in [0.25, 0.3) is 0 Å². The topological polar surface area (TPSA) is 50.7 Å². The Bertz CT molecular complexity index is 131. The number of aliphatic hydroxyl groups excluding tert-OH is 1. The highest BCUT2D eigenvalue weighted by molar-refractivity contribution is 4.65. The summed E-state index contributed by atoms with van der Waals surface area (Å²) in [6.45, 7) is 6.51. The third-order valence-corrected chi connectivity index (χ3v) is 1.63. The molecule has 0 aromatic carbocycles. The van der Waals surface area contributed by atoms with Crippen LogP contribution in [0.3, 0.4) is 0 Å². The fraction of sp³-hybridized carbons (Fsp3) is 0.800. The highest BCUT2D eigenvalue weighted by Crippen LogP contribution is 1.85. The molecule has 84 valence electrons. The molecule has 1 atom stereocenters. The van der Waals surface area contributed by atoms with Crippen LogP contribution in [0.5, 0.6) is 0 Å². The lowest BCUT2D eigenvalue weighted by atomic mass is 10.3. The minimum atomic E-state index is -0.447. The molecule has 0 aliphatic carbocycles. The lowest BCUT2D eigenvalue weighted by Gasteiger charge is -2.11. The van der Waals surface area contributed by atoms with Gasteiger partial charge in [-0.1, -0.05) is 6.08 Å². The SMILES string of the molecule is C=CCOCC(O)CNCCCOC. The van der Waals surface area contributed by atoms with Gasteiger partial charge in [0.05, 0.1) is 19.3 Å². The number of nitrogens with one attached hydrogen (secondary N) is 1. The molecule has 0 aliphatic rings. The van der Waals surface area contributed by atoms with Gasteiger partial charge in [-0.25, -0.2) is 0 Å². The first-order valence-electron chi connectivity index (χ1n) is 4.87. The molecule has 0 spiro atoms. The van der Waals surface area contributed by atoms with Gasteiger partial charge in [-0.15, -0.1) is 6.58 Å². The number of hydrogen-bond acceptors (Lipinski definition) is 4. The molecule has 0 bridgehead atoms. The zero-order chi connectivity index (χ0) is 10.6. The van der Waals surface area contributed by atoms with Gasteiger partial charge in [0.15, 0.2) is 0 Å². The van der Waals surface area contributed by atoms with E-state index in [4.69, 9.17) is 9.47 Å². The van der Waals surface area contributed by atoms with Gasteiger partial charge in [-0.3, -0.25) is 0 Å². The molecule has 0 fully saturated rings. The minimum Gasteiger partial charge on any atom is -0.389 e. The van der Waals surface area contributed by atoms with Gasteiger partial charge >= 0.3 is 0 Å². The van der Waals surface area contributed by atoms with Gasteiger partial charge in [-0.2, -0.15) is 0 Å². The van der Waals surface area contributed by atoms with Crippen molar-refractivity contribution in [2.45, 2.75) is 12.5 Å². The van der Waals surface area contributed by atoms with Gasteiger partial charge in [0.1, 0.15) is 0 Å². The Morgan fingerprint density at radius 3 is 3.00 bits per heavy atom. The largest absolute Gasteiger partial charge is 0.389 e. The lowest BCUT2D eigenvalue weighted by Crippen LogP contribution is -2.31. The molecule has 0 heterocycles. The van der Waals surface area contributed by atoms with Crippen LogP contribution in [-0.4, -0.2) is 51.2 Å². The van der Waals surface area contributed by atoms with Gasteiger partial charge in [0, 0.05) is 20.3 Å². The van der Waals surface area contributed by atoms with Crippen LogP contribution in [0.2, 0.25) is 0 Å². The van der Waals surface area contributed by atoms with Crippen LogP contribution < -0.4 is 5.32 Å². The van der Waals surface area contributed by atoms with Crippen molar-refractivity contribution in [3.63, 3.8) is 0 Å². The smallest absolute Gasteiger partial charge is 0.0897 e. The average Bonchev–Trinajstić information content (AvgIpc) is 2.18. The van der Waals surface area contributed by atoms with E-state index in [0.29, 0.717) is 19.8 Å². The number of hydrogen-bond donors (Lipinski definition) is 2. The highest BCUT2D eigenvalue weighted by Gasteiger charge is 2.01. The molecule has 1 unspecified atom stereocenters. The molecule has 0 radical (unpaired) electrons. The van der Waals surface area contributed by atoms with Crippen molar-refractivity contribution in [3.8, 4) is 0 Å². The summed E-state index contributed by atoms with van der Waals surface area (Å²) in [5.41, 5.74) is 0. The van der Waals surface area contributed by atoms with E-state index >= 15 is 0 Å². The van der Waals surface area contributed by atoms with Crippen LogP contribution in [0, 0.1) is 0 Å². The number of ether oxygens (including phenoxy) is 2. The zero-order valence-corrected chi connectivity index (χ0v) is 8.87. The highest BCUT2D eigenvalue weighted by atomic mass is 16.5. The van der Waals surface area contributed by atoms with Gasteiger partial charge in [-0.05, 0) is 13.0 Å². The third kappa shape index (κ3) is 9.67. The molecule has 0 amide bonds. The summed E-state index contributed by atoms with van der Waals surface area (Å²) in [6.07, 6.45) is 2.17. The van der Waals surface area contributed by atoms with Crippen LogP contribution in [0.15, 0.2) is 12.7 Å². The van der Waals surface area contributed by atoms with Crippen LogP contribution >= 0.6 is 0 Å². The van der Waals surface area contributed by atoms with Crippen LogP contribution in [0.4, 0.5) is 0 Å². The van der Waals surface area contributed by atoms with Crippen LogP contribution in [0.1, 0.15) is 6.42 Å². The molecule has 2 N–H and O–H groups in total. The summed E-state index contributed by atoms with van der Waals surface area (Å²) >= 11 is 0. The van der Waals surface area contributed by atoms with E-state index in [1.807, 2.05) is 0 Å². The third-order valence-electron chi connectivity index (χ3n) is 1.63. The summed E-state index contributed by atoms with van der Waals surface area (Å²) in [5.74, 6) is 0. The fourth-order valence-electron chi connectivity index (χ4n) is 0.957. The van der Waals surface area contributed by atoms with E-state index in [-0.39, 0.29) is 0 Å². The Labute approximate surface area is 85.9 Å². The first-order valence-corrected chi connectivity index (χ1v) is 4.87. The summed E-state index contributed by atoms with van der Waals surface area (Å²) in [5, 5.41) is 12.5. The molecule has 0 saturated heterocycles. The monoisotopic (exact) mass is 203 g/mol. The van der Waals surface area contributed by atoms with E-state index < -0.39 is 6.10 Å². The molecule has 0 rings (SSSR count). The maximum absolute atomic E-state index is 9.38. The Kier molecular flexibility index (Phi) is 10.3. The average molecular weight is 203 g/mol. The molecule has 14 heavy (non-hydrogen) atoms. The van der Waals surface area contributed by atoms with Crippen LogP contribution in [-0.2, 0) is 9.47 Å². The summed E-state index contributed by atoms with van der Waals surface area (Å²) in [7, 11) is 1.68. The van der Waals surface area contributed by atoms with E-state index in [2.05, 4.69) is 11.9 Å². The number of rotatable bonds is 10. The van der Waals surface area contributed by atoms with Gasteiger partial charge in [0.25, 0.3) is 0 Å². The second kappa shape index (κ2) is 10.7. The Morgan fingerprint density at radius 1 is 1.57 bits per heavy atom. The predicted octanol–water partition coefficient (Wildman–Crippen LogP) is 0.176. The summed E-state index contributed by atoms with van der Waals surface area (Å²) < 4.78 is 9.98. The Hall–Kier alpha value is -0.420. The second-order valence-electron chi connectivity index (χ2n) is 3.03. The molecule has 0 aromatic heterocycles. The molecule has 0 aliphatic heterocycles. The fourth-order valence-corrected chi connectivity index (χ4v) is 0.957. The van der Waals surface area contributed by atoms with Gasteiger partial charge in [0.2, 0.25) is 0 Å². The maximum Gasteiger partial charge on any atom is 0.0897 e. The Balaban J connectivity index is 3.09. The first kappa shape index (κ1) is 13.6. The zero-order valence-electron chi connectivity index (χ0n) is 8.87. The number of methoxy groups -OCH3 is 1. The summed E-state index contributed by atoms with van der Waals surface area (Å²) in [4.78, 5) is 0. The molecular formula is C10H21NO3. The molecule has 4 heteroatoms. The maximum atomic E-state index is 9.38. The van der Waals surface area contributed by atoms with Crippen molar-refractivity contribution >= 4 is 0 Å². The van der Waals surface area contributed by atoms with Crippen molar-refractivity contribution in [3.05, 3.63) is 12.7 Å². The van der Waals surface area contributed by atoms with E-state index in [1.54, 1.807) is 13.2 Å². The quantitative estimate of drug-likeness (QED) is 0.393. The van der Waals surface area contributed by atoms with Crippen molar-refractivity contribution in [2.24, 2.45) is 0 Å². The van der Waals surface area contributed by atoms with Crippen molar-refractivity contribution < 1.29 is 14.6 Å².